The number of nitrogens with one attached hydrogen (secondary N) is 2. The summed E-state index contributed by atoms with van der Waals surface area (Å²) in [7, 11) is 1.08. The molecule has 0 aliphatic rings. The molecule has 2 rings (SSSR count). The van der Waals surface area contributed by atoms with Crippen LogP contribution < -0.4 is 10.6 Å². The molecule has 0 bridgehead atoms. The lowest BCUT2D eigenvalue weighted by molar-refractivity contribution is -0.142. The van der Waals surface area contributed by atoms with Crippen molar-refractivity contribution < 1.29 is 40.7 Å². The summed E-state index contributed by atoms with van der Waals surface area (Å²) in [6.07, 6.45) is -8.44. The van der Waals surface area contributed by atoms with Gasteiger partial charge in [0.15, 0.2) is 0 Å². The molecule has 1 heterocycles. The number of pyridine rings is 1. The standard InChI is InChI=1S/C19H17F6N3O3/c1-10(16(29)31-2)27-17(30)28-14(11-5-7-12(8-6-11)18(20,21)22)15-13(19(23,24)25)4-3-9-26-15/h3-10,14H,1-2H3,(H2,27,28,30)/t10-,14-/m0/s1. The molecule has 31 heavy (non-hydrogen) atoms. The average Bonchev–Trinajstić information content (AvgIpc) is 2.70. The van der Waals surface area contributed by atoms with Crippen molar-refractivity contribution in [3.05, 3.63) is 65.0 Å². The van der Waals surface area contributed by atoms with E-state index in [2.05, 4.69) is 20.4 Å². The molecule has 168 valence electrons. The predicted octanol–water partition coefficient (Wildman–Crippen LogP) is 4.07. The Hall–Kier alpha value is -3.31. The number of carbonyl (C=O) groups is 2. The molecule has 0 spiro atoms. The molecular weight excluding hydrogens is 432 g/mol. The number of benzene rings is 1. The van der Waals surface area contributed by atoms with Gasteiger partial charge in [0.05, 0.1) is 30.0 Å². The number of urea groups is 1. The van der Waals surface area contributed by atoms with E-state index in [-0.39, 0.29) is 5.56 Å². The minimum absolute atomic E-state index is 0.0851. The second kappa shape index (κ2) is 9.23. The summed E-state index contributed by atoms with van der Waals surface area (Å²) in [5, 5.41) is 4.41. The van der Waals surface area contributed by atoms with Gasteiger partial charge in [-0.3, -0.25) is 4.98 Å². The number of alkyl halides is 6. The van der Waals surface area contributed by atoms with Gasteiger partial charge in [0, 0.05) is 6.20 Å². The maximum atomic E-state index is 13.5. The predicted molar refractivity (Wildman–Crippen MR) is 95.7 cm³/mol. The Kier molecular flexibility index (Phi) is 7.13. The zero-order valence-electron chi connectivity index (χ0n) is 16.1. The van der Waals surface area contributed by atoms with Gasteiger partial charge in [-0.1, -0.05) is 12.1 Å². The molecule has 2 aromatic rings. The Morgan fingerprint density at radius 1 is 0.968 bits per heavy atom. The second-order valence-electron chi connectivity index (χ2n) is 6.35. The maximum absolute atomic E-state index is 13.5. The lowest BCUT2D eigenvalue weighted by Gasteiger charge is -2.23. The highest BCUT2D eigenvalue weighted by Gasteiger charge is 2.37. The second-order valence-corrected chi connectivity index (χ2v) is 6.35. The molecular formula is C19H17F6N3O3. The largest absolute Gasteiger partial charge is 0.467 e. The summed E-state index contributed by atoms with van der Waals surface area (Å²) >= 11 is 0. The minimum atomic E-state index is -4.84. The SMILES string of the molecule is COC(=O)[C@H](C)NC(=O)N[C@@H](c1ccc(C(F)(F)F)cc1)c1ncccc1C(F)(F)F. The molecule has 0 radical (unpaired) electrons. The van der Waals surface area contributed by atoms with Crippen molar-refractivity contribution in [3.8, 4) is 0 Å². The summed E-state index contributed by atoms with van der Waals surface area (Å²) in [6.45, 7) is 1.28. The molecule has 0 fully saturated rings. The van der Waals surface area contributed by atoms with E-state index in [0.29, 0.717) is 12.1 Å². The number of rotatable bonds is 5. The summed E-state index contributed by atoms with van der Waals surface area (Å²) < 4.78 is 83.4. The van der Waals surface area contributed by atoms with Gasteiger partial charge < -0.3 is 15.4 Å². The number of halogens is 6. The van der Waals surface area contributed by atoms with Crippen LogP contribution in [0, 0.1) is 0 Å². The topological polar surface area (TPSA) is 80.3 Å². The van der Waals surface area contributed by atoms with Crippen LogP contribution in [0.4, 0.5) is 31.1 Å². The Bertz CT molecular complexity index is 929. The van der Waals surface area contributed by atoms with Gasteiger partial charge in [0.1, 0.15) is 6.04 Å². The van der Waals surface area contributed by atoms with Crippen LogP contribution in [0.15, 0.2) is 42.6 Å². The molecule has 6 nitrogen and oxygen atoms in total. The van der Waals surface area contributed by atoms with E-state index in [4.69, 9.17) is 0 Å². The van der Waals surface area contributed by atoms with Gasteiger partial charge in [0.25, 0.3) is 0 Å². The molecule has 0 saturated heterocycles. The first-order chi connectivity index (χ1) is 14.3. The highest BCUT2D eigenvalue weighted by atomic mass is 19.4. The lowest BCUT2D eigenvalue weighted by Crippen LogP contribution is -2.46. The van der Waals surface area contributed by atoms with E-state index in [1.807, 2.05) is 0 Å². The first-order valence-corrected chi connectivity index (χ1v) is 8.68. The van der Waals surface area contributed by atoms with Crippen molar-refractivity contribution >= 4 is 12.0 Å². The van der Waals surface area contributed by atoms with E-state index >= 15 is 0 Å². The normalized spacial score (nSPS) is 13.8. The number of methoxy groups -OCH3 is 1. The number of hydrogen-bond acceptors (Lipinski definition) is 4. The Labute approximate surface area is 172 Å². The summed E-state index contributed by atoms with van der Waals surface area (Å²) in [4.78, 5) is 27.5. The van der Waals surface area contributed by atoms with Crippen LogP contribution in [0.25, 0.3) is 0 Å². The fourth-order valence-corrected chi connectivity index (χ4v) is 2.67. The average molecular weight is 449 g/mol. The molecule has 0 saturated carbocycles. The number of hydrogen-bond donors (Lipinski definition) is 2. The molecule has 2 N–H and O–H groups in total. The van der Waals surface area contributed by atoms with Crippen molar-refractivity contribution in [2.75, 3.05) is 7.11 Å². The van der Waals surface area contributed by atoms with E-state index in [1.165, 1.54) is 6.92 Å². The van der Waals surface area contributed by atoms with Crippen LogP contribution in [-0.2, 0) is 21.9 Å². The zero-order valence-corrected chi connectivity index (χ0v) is 16.1. The Morgan fingerprint density at radius 2 is 1.58 bits per heavy atom. The van der Waals surface area contributed by atoms with Gasteiger partial charge in [-0.25, -0.2) is 9.59 Å². The minimum Gasteiger partial charge on any atom is -0.467 e. The van der Waals surface area contributed by atoms with Crippen LogP contribution in [0.1, 0.15) is 35.3 Å². The third-order valence-electron chi connectivity index (χ3n) is 4.17. The van der Waals surface area contributed by atoms with Crippen molar-refractivity contribution in [3.63, 3.8) is 0 Å². The van der Waals surface area contributed by atoms with Gasteiger partial charge in [-0.05, 0) is 36.8 Å². The van der Waals surface area contributed by atoms with E-state index in [0.717, 1.165) is 37.6 Å². The van der Waals surface area contributed by atoms with Crippen LogP contribution in [0.2, 0.25) is 0 Å². The van der Waals surface area contributed by atoms with Crippen molar-refractivity contribution in [1.29, 1.82) is 0 Å². The van der Waals surface area contributed by atoms with Gasteiger partial charge in [-0.15, -0.1) is 0 Å². The van der Waals surface area contributed by atoms with E-state index in [1.54, 1.807) is 0 Å². The van der Waals surface area contributed by atoms with Crippen molar-refractivity contribution in [1.82, 2.24) is 15.6 Å². The van der Waals surface area contributed by atoms with Gasteiger partial charge >= 0.3 is 24.4 Å². The number of ether oxygens (including phenoxy) is 1. The quantitative estimate of drug-likeness (QED) is 0.533. The van der Waals surface area contributed by atoms with Crippen molar-refractivity contribution in [2.45, 2.75) is 31.4 Å². The number of amides is 2. The smallest absolute Gasteiger partial charge is 0.418 e. The maximum Gasteiger partial charge on any atom is 0.418 e. The fraction of sp³-hybridized carbons (Fsp3) is 0.316. The molecule has 2 amide bonds. The van der Waals surface area contributed by atoms with Gasteiger partial charge in [-0.2, -0.15) is 26.3 Å². The lowest BCUT2D eigenvalue weighted by atomic mass is 9.98. The zero-order chi connectivity index (χ0) is 23.4. The molecule has 0 unspecified atom stereocenters. The summed E-state index contributed by atoms with van der Waals surface area (Å²) in [5.74, 6) is -0.810. The highest BCUT2D eigenvalue weighted by Crippen LogP contribution is 2.36. The third-order valence-corrected chi connectivity index (χ3v) is 4.17. The van der Waals surface area contributed by atoms with Gasteiger partial charge in [0.2, 0.25) is 0 Å². The number of aromatic nitrogens is 1. The fourth-order valence-electron chi connectivity index (χ4n) is 2.67. The molecule has 0 aliphatic carbocycles. The Morgan fingerprint density at radius 3 is 2.10 bits per heavy atom. The van der Waals surface area contributed by atoms with E-state index < -0.39 is 53.3 Å². The molecule has 1 aromatic carbocycles. The first-order valence-electron chi connectivity index (χ1n) is 8.68. The molecule has 1 aromatic heterocycles. The van der Waals surface area contributed by atoms with Crippen LogP contribution >= 0.6 is 0 Å². The van der Waals surface area contributed by atoms with Crippen molar-refractivity contribution in [2.24, 2.45) is 0 Å². The van der Waals surface area contributed by atoms with E-state index in [9.17, 15) is 35.9 Å². The third kappa shape index (κ3) is 6.09. The van der Waals surface area contributed by atoms with Crippen LogP contribution in [0.3, 0.4) is 0 Å². The van der Waals surface area contributed by atoms with Crippen LogP contribution in [0.5, 0.6) is 0 Å². The number of nitrogens with zero attached hydrogens (tertiary/aromatic N) is 1. The monoisotopic (exact) mass is 449 g/mol. The molecule has 0 aliphatic heterocycles. The Balaban J connectivity index is 2.47. The number of carbonyl (C=O) groups excluding carboxylic acids is 2. The molecule has 2 atom stereocenters. The summed E-state index contributed by atoms with van der Waals surface area (Å²) in [6, 6.07) is 1.24. The first kappa shape index (κ1) is 24.0. The van der Waals surface area contributed by atoms with Crippen LogP contribution in [-0.4, -0.2) is 30.1 Å². The molecule has 12 heteroatoms. The highest BCUT2D eigenvalue weighted by molar-refractivity contribution is 5.83. The number of esters is 1. The summed E-state index contributed by atoms with van der Waals surface area (Å²) in [5.41, 5.74) is -2.91.